The summed E-state index contributed by atoms with van der Waals surface area (Å²) in [6.45, 7) is 2.48. The van der Waals surface area contributed by atoms with Crippen molar-refractivity contribution < 1.29 is 14.7 Å². The number of carboxylic acids is 1. The van der Waals surface area contributed by atoms with Crippen LogP contribution >= 0.6 is 23.2 Å². The number of carbonyl (C=O) groups excluding carboxylic acids is 1. The molecule has 1 aliphatic rings. The second-order valence-electron chi connectivity index (χ2n) is 5.08. The van der Waals surface area contributed by atoms with Crippen molar-refractivity contribution in [3.63, 3.8) is 0 Å². The van der Waals surface area contributed by atoms with E-state index in [-0.39, 0.29) is 18.6 Å². The van der Waals surface area contributed by atoms with Crippen LogP contribution in [0, 0.1) is 5.92 Å². The lowest BCUT2D eigenvalue weighted by Gasteiger charge is -2.21. The summed E-state index contributed by atoms with van der Waals surface area (Å²) in [6.07, 6.45) is 0.481. The predicted octanol–water partition coefficient (Wildman–Crippen LogP) is 3.17. The molecule has 2 unspecified atom stereocenters. The van der Waals surface area contributed by atoms with Crippen molar-refractivity contribution in [2.45, 2.75) is 19.4 Å². The summed E-state index contributed by atoms with van der Waals surface area (Å²) in [5.41, 5.74) is 0.728. The number of carbonyl (C=O) groups is 2. The topological polar surface area (TPSA) is 69.6 Å². The Kier molecular flexibility index (Phi) is 4.96. The zero-order valence-electron chi connectivity index (χ0n) is 11.5. The van der Waals surface area contributed by atoms with Gasteiger partial charge in [0.1, 0.15) is 0 Å². The maximum Gasteiger partial charge on any atom is 0.317 e. The van der Waals surface area contributed by atoms with Crippen LogP contribution in [-0.2, 0) is 4.79 Å². The minimum absolute atomic E-state index is 0.233. The molecule has 1 fully saturated rings. The van der Waals surface area contributed by atoms with Gasteiger partial charge in [-0.2, -0.15) is 0 Å². The third-order valence-corrected chi connectivity index (χ3v) is 4.45. The van der Waals surface area contributed by atoms with Crippen LogP contribution in [0.1, 0.15) is 24.9 Å². The Bertz CT molecular complexity index is 565. The number of urea groups is 1. The van der Waals surface area contributed by atoms with E-state index in [1.54, 1.807) is 25.1 Å². The fourth-order valence-electron chi connectivity index (χ4n) is 2.36. The van der Waals surface area contributed by atoms with Gasteiger partial charge in [0.05, 0.1) is 22.0 Å². The van der Waals surface area contributed by atoms with Crippen LogP contribution in [0.15, 0.2) is 18.2 Å². The lowest BCUT2D eigenvalue weighted by atomic mass is 10.1. The summed E-state index contributed by atoms with van der Waals surface area (Å²) in [7, 11) is 0. The molecule has 0 bridgehead atoms. The van der Waals surface area contributed by atoms with Gasteiger partial charge < -0.3 is 15.3 Å². The van der Waals surface area contributed by atoms with Crippen molar-refractivity contribution >= 4 is 35.2 Å². The summed E-state index contributed by atoms with van der Waals surface area (Å²) in [5.74, 6) is -1.35. The average molecular weight is 331 g/mol. The third-order valence-electron chi connectivity index (χ3n) is 3.61. The number of halogens is 2. The lowest BCUT2D eigenvalue weighted by molar-refractivity contribution is -0.141. The van der Waals surface area contributed by atoms with Crippen molar-refractivity contribution in [2.75, 3.05) is 13.1 Å². The molecular formula is C14H16Cl2N2O3. The summed E-state index contributed by atoms with van der Waals surface area (Å²) in [4.78, 5) is 24.6. The van der Waals surface area contributed by atoms with E-state index in [9.17, 15) is 9.59 Å². The quantitative estimate of drug-likeness (QED) is 0.894. The van der Waals surface area contributed by atoms with Gasteiger partial charge in [0.25, 0.3) is 0 Å². The zero-order valence-corrected chi connectivity index (χ0v) is 13.0. The highest BCUT2D eigenvalue weighted by Crippen LogP contribution is 2.30. The van der Waals surface area contributed by atoms with Gasteiger partial charge in [-0.1, -0.05) is 35.3 Å². The van der Waals surface area contributed by atoms with E-state index in [4.69, 9.17) is 28.3 Å². The van der Waals surface area contributed by atoms with Gasteiger partial charge in [-0.15, -0.1) is 0 Å². The number of nitrogens with zero attached hydrogens (tertiary/aromatic N) is 1. The van der Waals surface area contributed by atoms with Gasteiger partial charge >= 0.3 is 12.0 Å². The Hall–Kier alpha value is -1.46. The number of hydrogen-bond donors (Lipinski definition) is 2. The van der Waals surface area contributed by atoms with E-state index in [0.717, 1.165) is 5.56 Å². The molecule has 1 heterocycles. The predicted molar refractivity (Wildman–Crippen MR) is 80.7 cm³/mol. The minimum Gasteiger partial charge on any atom is -0.481 e. The molecule has 0 radical (unpaired) electrons. The molecule has 21 heavy (non-hydrogen) atoms. The van der Waals surface area contributed by atoms with Crippen molar-refractivity contribution in [3.8, 4) is 0 Å². The zero-order chi connectivity index (χ0) is 15.6. The highest BCUT2D eigenvalue weighted by atomic mass is 35.5. The SMILES string of the molecule is CC(NC(=O)N1CCC(C(=O)O)C1)c1cccc(Cl)c1Cl. The monoisotopic (exact) mass is 330 g/mol. The van der Waals surface area contributed by atoms with Gasteiger partial charge in [0.2, 0.25) is 0 Å². The van der Waals surface area contributed by atoms with E-state index >= 15 is 0 Å². The number of benzene rings is 1. The van der Waals surface area contributed by atoms with Gasteiger partial charge in [-0.25, -0.2) is 4.79 Å². The van der Waals surface area contributed by atoms with E-state index in [1.807, 2.05) is 0 Å². The fourth-order valence-corrected chi connectivity index (χ4v) is 2.83. The van der Waals surface area contributed by atoms with Gasteiger partial charge in [0.15, 0.2) is 0 Å². The molecule has 114 valence electrons. The normalized spacial score (nSPS) is 19.4. The van der Waals surface area contributed by atoms with E-state index < -0.39 is 11.9 Å². The van der Waals surface area contributed by atoms with Crippen LogP contribution in [-0.4, -0.2) is 35.1 Å². The van der Waals surface area contributed by atoms with Crippen LogP contribution in [0.25, 0.3) is 0 Å². The molecule has 1 aliphatic heterocycles. The van der Waals surface area contributed by atoms with Crippen LogP contribution in [0.2, 0.25) is 10.0 Å². The molecular weight excluding hydrogens is 315 g/mol. The van der Waals surface area contributed by atoms with Crippen molar-refractivity contribution in [2.24, 2.45) is 5.92 Å². The lowest BCUT2D eigenvalue weighted by Crippen LogP contribution is -2.40. The van der Waals surface area contributed by atoms with Crippen molar-refractivity contribution in [3.05, 3.63) is 33.8 Å². The Morgan fingerprint density at radius 2 is 2.14 bits per heavy atom. The molecule has 2 amide bonds. The smallest absolute Gasteiger partial charge is 0.317 e. The molecule has 1 aromatic carbocycles. The molecule has 2 rings (SSSR count). The molecule has 0 aromatic heterocycles. The standard InChI is InChI=1S/C14H16Cl2N2O3/c1-8(10-3-2-4-11(15)12(10)16)17-14(21)18-6-5-9(7-18)13(19)20/h2-4,8-9H,5-7H2,1H3,(H,17,21)(H,19,20). The number of nitrogens with one attached hydrogen (secondary N) is 1. The summed E-state index contributed by atoms with van der Waals surface area (Å²) in [6, 6.07) is 4.64. The maximum absolute atomic E-state index is 12.1. The van der Waals surface area contributed by atoms with E-state index in [1.165, 1.54) is 4.90 Å². The Morgan fingerprint density at radius 3 is 2.76 bits per heavy atom. The molecule has 1 aromatic rings. The number of aliphatic carboxylic acids is 1. The van der Waals surface area contributed by atoms with E-state index in [2.05, 4.69) is 5.32 Å². The number of hydrogen-bond acceptors (Lipinski definition) is 2. The Labute approximate surface area is 132 Å². The minimum atomic E-state index is -0.865. The van der Waals surface area contributed by atoms with E-state index in [0.29, 0.717) is 23.0 Å². The molecule has 1 saturated heterocycles. The second-order valence-corrected chi connectivity index (χ2v) is 5.87. The largest absolute Gasteiger partial charge is 0.481 e. The summed E-state index contributed by atoms with van der Waals surface area (Å²) in [5, 5.41) is 12.6. The van der Waals surface area contributed by atoms with Crippen molar-refractivity contribution in [1.82, 2.24) is 10.2 Å². The first-order valence-electron chi connectivity index (χ1n) is 6.62. The maximum atomic E-state index is 12.1. The van der Waals surface area contributed by atoms with Crippen LogP contribution in [0.3, 0.4) is 0 Å². The molecule has 7 heteroatoms. The molecule has 0 saturated carbocycles. The summed E-state index contributed by atoms with van der Waals surface area (Å²) < 4.78 is 0. The molecule has 0 spiro atoms. The fraction of sp³-hybridized carbons (Fsp3) is 0.429. The Balaban J connectivity index is 2.00. The van der Waals surface area contributed by atoms with Crippen LogP contribution < -0.4 is 5.32 Å². The molecule has 2 N–H and O–H groups in total. The highest BCUT2D eigenvalue weighted by molar-refractivity contribution is 6.42. The highest BCUT2D eigenvalue weighted by Gasteiger charge is 2.31. The second kappa shape index (κ2) is 6.54. The first-order valence-corrected chi connectivity index (χ1v) is 7.38. The number of likely N-dealkylation sites (tertiary alicyclic amines) is 1. The number of rotatable bonds is 3. The van der Waals surface area contributed by atoms with Crippen LogP contribution in [0.5, 0.6) is 0 Å². The van der Waals surface area contributed by atoms with Gasteiger partial charge in [-0.3, -0.25) is 4.79 Å². The molecule has 5 nitrogen and oxygen atoms in total. The number of carboxylic acid groups (broad SMARTS) is 1. The molecule has 0 aliphatic carbocycles. The van der Waals surface area contributed by atoms with Gasteiger partial charge in [-0.05, 0) is 25.0 Å². The van der Waals surface area contributed by atoms with Gasteiger partial charge in [0, 0.05) is 13.1 Å². The Morgan fingerprint density at radius 1 is 1.43 bits per heavy atom. The van der Waals surface area contributed by atoms with Crippen LogP contribution in [0.4, 0.5) is 4.79 Å². The molecule has 2 atom stereocenters. The summed E-state index contributed by atoms with van der Waals surface area (Å²) >= 11 is 12.1. The average Bonchev–Trinajstić information content (AvgIpc) is 2.91. The third kappa shape index (κ3) is 3.60. The first kappa shape index (κ1) is 15.9. The first-order chi connectivity index (χ1) is 9.90. The number of amides is 2. The van der Waals surface area contributed by atoms with Crippen molar-refractivity contribution in [1.29, 1.82) is 0 Å².